The van der Waals surface area contributed by atoms with E-state index in [-0.39, 0.29) is 30.2 Å². The number of carbonyl (C=O) groups is 3. The predicted octanol–water partition coefficient (Wildman–Crippen LogP) is 20.0. The van der Waals surface area contributed by atoms with Gasteiger partial charge in [0.1, 0.15) is 23.0 Å². The number of rotatable bonds is 10. The number of benzene rings is 11. The van der Waals surface area contributed by atoms with Gasteiger partial charge in [0.2, 0.25) is 0 Å². The van der Waals surface area contributed by atoms with E-state index in [9.17, 15) is 14.4 Å². The lowest BCUT2D eigenvalue weighted by molar-refractivity contribution is 0.100. The highest BCUT2D eigenvalue weighted by atomic mass is 16.5. The number of carbonyl (C=O) groups excluding carboxylic acids is 3. The van der Waals surface area contributed by atoms with E-state index in [1.165, 1.54) is 11.1 Å². The van der Waals surface area contributed by atoms with Crippen LogP contribution in [0.3, 0.4) is 0 Å². The van der Waals surface area contributed by atoms with Gasteiger partial charge in [0.05, 0.1) is 0 Å². The predicted molar refractivity (Wildman–Crippen MR) is 333 cm³/mol. The molecule has 0 aliphatic carbocycles. The Morgan fingerprint density at radius 1 is 0.250 bits per heavy atom. The lowest BCUT2D eigenvalue weighted by atomic mass is 9.78. The quantitative estimate of drug-likeness (QED) is 0.128. The van der Waals surface area contributed by atoms with Crippen molar-refractivity contribution in [1.82, 2.24) is 0 Å². The standard InChI is InChI=1S/C18H14O2.C15H16.C13H10O.2C8H8O.2C6H6.CH4/c1-3-7-15(8-4-1)19-17-11-13-18(14-12-17)20-16-9-5-2-6-10-16;1-15(2,13-9-5-3-6-10-13)14-11-7-4-8-12-14;14-13(11-7-3-1-4-8-11)12-9-5-2-6-10-12;2*1-7(9)8-5-3-2-4-6-8;2*1-2-4-6-5-3-1;/h1-14H;3-12H,1-2H3;1-10H;2*2-6H,1H3;2*1-6H;1H4. The average molecular weight is 1050 g/mol. The summed E-state index contributed by atoms with van der Waals surface area (Å²) in [6.45, 7) is 7.65. The van der Waals surface area contributed by atoms with Crippen LogP contribution in [0.5, 0.6) is 23.0 Å². The molecule has 11 aromatic carbocycles. The maximum absolute atomic E-state index is 11.8. The molecule has 0 aliphatic rings. The Morgan fingerprint density at radius 2 is 0.425 bits per heavy atom. The van der Waals surface area contributed by atoms with Crippen LogP contribution in [0.2, 0.25) is 0 Å². The summed E-state index contributed by atoms with van der Waals surface area (Å²) < 4.78 is 11.5. The first-order valence-corrected chi connectivity index (χ1v) is 26.0. The number of para-hydroxylation sites is 2. The fraction of sp³-hybridized carbons (Fsp3) is 0.0800. The molecule has 0 aromatic heterocycles. The average Bonchev–Trinajstić information content (AvgIpc) is 3.55. The minimum atomic E-state index is 0. The molecule has 0 radical (unpaired) electrons. The first kappa shape index (κ1) is 62.6. The van der Waals surface area contributed by atoms with Crippen molar-refractivity contribution in [2.45, 2.75) is 40.5 Å². The second kappa shape index (κ2) is 36.9. The lowest BCUT2D eigenvalue weighted by Crippen LogP contribution is -2.18. The molecule has 5 heteroatoms. The summed E-state index contributed by atoms with van der Waals surface area (Å²) in [5, 5.41) is 0. The van der Waals surface area contributed by atoms with Crippen molar-refractivity contribution in [3.63, 3.8) is 0 Å². The van der Waals surface area contributed by atoms with Crippen LogP contribution in [0.1, 0.15) is 82.9 Å². The summed E-state index contributed by atoms with van der Waals surface area (Å²) in [6, 6.07) is 109. The molecule has 0 saturated heterocycles. The number of hydrogen-bond acceptors (Lipinski definition) is 5. The third-order valence-corrected chi connectivity index (χ3v) is 11.5. The number of ketones is 3. The lowest BCUT2D eigenvalue weighted by Gasteiger charge is -2.25. The summed E-state index contributed by atoms with van der Waals surface area (Å²) in [5.41, 5.74) is 5.82. The van der Waals surface area contributed by atoms with Gasteiger partial charge in [0.25, 0.3) is 0 Å². The molecular weight excluding hydrogens is 981 g/mol. The van der Waals surface area contributed by atoms with Crippen molar-refractivity contribution in [2.75, 3.05) is 0 Å². The summed E-state index contributed by atoms with van der Waals surface area (Å²) in [6.07, 6.45) is 0. The van der Waals surface area contributed by atoms with Crippen molar-refractivity contribution in [3.05, 3.63) is 373 Å². The van der Waals surface area contributed by atoms with Crippen LogP contribution in [0, 0.1) is 0 Å². The zero-order valence-corrected chi connectivity index (χ0v) is 45.4. The maximum atomic E-state index is 11.8. The molecule has 80 heavy (non-hydrogen) atoms. The first-order valence-electron chi connectivity index (χ1n) is 26.0. The fourth-order valence-electron chi connectivity index (χ4n) is 7.16. The smallest absolute Gasteiger partial charge is 0.193 e. The van der Waals surface area contributed by atoms with E-state index in [1.807, 2.05) is 279 Å². The monoisotopic (exact) mass is 1050 g/mol. The summed E-state index contributed by atoms with van der Waals surface area (Å²) >= 11 is 0. The van der Waals surface area contributed by atoms with Crippen LogP contribution < -0.4 is 9.47 Å². The largest absolute Gasteiger partial charge is 0.457 e. The van der Waals surface area contributed by atoms with Crippen molar-refractivity contribution in [2.24, 2.45) is 0 Å². The van der Waals surface area contributed by atoms with E-state index < -0.39 is 0 Å². The van der Waals surface area contributed by atoms with Crippen molar-refractivity contribution < 1.29 is 23.9 Å². The highest BCUT2D eigenvalue weighted by Gasteiger charge is 2.22. The fourth-order valence-corrected chi connectivity index (χ4v) is 7.16. The van der Waals surface area contributed by atoms with Gasteiger partial charge in [0, 0.05) is 27.7 Å². The van der Waals surface area contributed by atoms with Gasteiger partial charge in [-0.3, -0.25) is 14.4 Å². The van der Waals surface area contributed by atoms with Crippen LogP contribution in [0.25, 0.3) is 0 Å². The Morgan fingerprint density at radius 3 is 0.637 bits per heavy atom. The molecule has 402 valence electrons. The Kier molecular flexibility index (Phi) is 28.9. The molecule has 0 N–H and O–H groups in total. The molecule has 0 heterocycles. The number of ether oxygens (including phenoxy) is 2. The zero-order chi connectivity index (χ0) is 56.0. The Bertz CT molecular complexity index is 3010. The normalized spacial score (nSPS) is 9.55. The van der Waals surface area contributed by atoms with Crippen molar-refractivity contribution >= 4 is 17.3 Å². The molecule has 0 atom stereocenters. The Hall–Kier alpha value is -9.97. The van der Waals surface area contributed by atoms with Gasteiger partial charge in [-0.05, 0) is 73.5 Å². The van der Waals surface area contributed by atoms with Crippen molar-refractivity contribution in [1.29, 1.82) is 0 Å². The van der Waals surface area contributed by atoms with E-state index >= 15 is 0 Å². The van der Waals surface area contributed by atoms with E-state index in [2.05, 4.69) is 74.5 Å². The van der Waals surface area contributed by atoms with E-state index in [1.54, 1.807) is 13.8 Å². The van der Waals surface area contributed by atoms with Crippen LogP contribution >= 0.6 is 0 Å². The minimum absolute atomic E-state index is 0. The van der Waals surface area contributed by atoms with Gasteiger partial charge >= 0.3 is 0 Å². The topological polar surface area (TPSA) is 69.7 Å². The van der Waals surface area contributed by atoms with Crippen molar-refractivity contribution in [3.8, 4) is 23.0 Å². The van der Waals surface area contributed by atoms with Gasteiger partial charge < -0.3 is 9.47 Å². The zero-order valence-electron chi connectivity index (χ0n) is 45.4. The Balaban J connectivity index is 0.000000208. The summed E-state index contributed by atoms with van der Waals surface area (Å²) in [5.74, 6) is 3.54. The summed E-state index contributed by atoms with van der Waals surface area (Å²) in [7, 11) is 0. The van der Waals surface area contributed by atoms with Gasteiger partial charge in [0.15, 0.2) is 17.3 Å². The molecule has 11 rings (SSSR count). The molecule has 0 amide bonds. The third kappa shape index (κ3) is 24.4. The van der Waals surface area contributed by atoms with Gasteiger partial charge in [-0.15, -0.1) is 0 Å². The van der Waals surface area contributed by atoms with Gasteiger partial charge in [-0.25, -0.2) is 0 Å². The highest BCUT2D eigenvalue weighted by Crippen LogP contribution is 2.31. The molecule has 0 spiro atoms. The molecule has 0 saturated carbocycles. The molecule has 11 aromatic rings. The number of Topliss-reactive ketones (excluding diaryl/α,β-unsaturated/α-hetero) is 2. The molecule has 0 unspecified atom stereocenters. The first-order chi connectivity index (χ1) is 38.6. The third-order valence-electron chi connectivity index (χ3n) is 11.5. The number of hydrogen-bond donors (Lipinski definition) is 0. The minimum Gasteiger partial charge on any atom is -0.457 e. The van der Waals surface area contributed by atoms with Crippen LogP contribution in [0.15, 0.2) is 340 Å². The second-order valence-electron chi connectivity index (χ2n) is 17.9. The SMILES string of the molecule is C.CC(=O)c1ccccc1.CC(=O)c1ccccc1.CC(C)(c1ccccc1)c1ccccc1.O=C(c1ccccc1)c1ccccc1.c1ccc(Oc2ccc(Oc3ccccc3)cc2)cc1.c1ccccc1.c1ccccc1. The van der Waals surface area contributed by atoms with E-state index in [0.29, 0.717) is 0 Å². The molecular formula is C75H72O5. The van der Waals surface area contributed by atoms with E-state index in [4.69, 9.17) is 9.47 Å². The van der Waals surface area contributed by atoms with Gasteiger partial charge in [-0.1, -0.05) is 312 Å². The Labute approximate surface area is 475 Å². The second-order valence-corrected chi connectivity index (χ2v) is 17.9. The molecule has 0 bridgehead atoms. The molecule has 0 aliphatic heterocycles. The molecule has 5 nitrogen and oxygen atoms in total. The maximum Gasteiger partial charge on any atom is 0.193 e. The van der Waals surface area contributed by atoms with Crippen LogP contribution in [0.4, 0.5) is 0 Å². The van der Waals surface area contributed by atoms with Crippen LogP contribution in [-0.2, 0) is 5.41 Å². The molecule has 0 fully saturated rings. The van der Waals surface area contributed by atoms with Crippen LogP contribution in [-0.4, -0.2) is 17.3 Å². The van der Waals surface area contributed by atoms with E-state index in [0.717, 1.165) is 45.3 Å². The summed E-state index contributed by atoms with van der Waals surface area (Å²) in [4.78, 5) is 33.1. The van der Waals surface area contributed by atoms with Gasteiger partial charge in [-0.2, -0.15) is 0 Å². The highest BCUT2D eigenvalue weighted by molar-refractivity contribution is 6.08.